The van der Waals surface area contributed by atoms with Crippen molar-refractivity contribution >= 4 is 13.8 Å². The predicted octanol–water partition coefficient (Wildman–Crippen LogP) is 11.7. The summed E-state index contributed by atoms with van der Waals surface area (Å²) < 4.78 is 34.9. The van der Waals surface area contributed by atoms with Gasteiger partial charge in [0.25, 0.3) is 0 Å². The first-order chi connectivity index (χ1) is 24.1. The first kappa shape index (κ1) is 49.0. The molecule has 0 amide bonds. The summed E-state index contributed by atoms with van der Waals surface area (Å²) >= 11 is 0. The van der Waals surface area contributed by atoms with Gasteiger partial charge >= 0.3 is 13.8 Å². The third-order valence-electron chi connectivity index (χ3n) is 8.75. The van der Waals surface area contributed by atoms with Crippen molar-refractivity contribution in [3.05, 3.63) is 24.3 Å². The normalized spacial score (nSPS) is 14.1. The van der Waals surface area contributed by atoms with Gasteiger partial charge < -0.3 is 18.9 Å². The molecular formula is C41H81NO7P+. The number of esters is 1. The van der Waals surface area contributed by atoms with Gasteiger partial charge in [0, 0.05) is 13.0 Å². The van der Waals surface area contributed by atoms with E-state index in [1.54, 1.807) is 0 Å². The molecule has 296 valence electrons. The van der Waals surface area contributed by atoms with Crippen LogP contribution < -0.4 is 0 Å². The number of carbonyl (C=O) groups excluding carboxylic acids is 1. The van der Waals surface area contributed by atoms with Crippen LogP contribution in [-0.4, -0.2) is 75.6 Å². The molecule has 0 rings (SSSR count). The van der Waals surface area contributed by atoms with Crippen LogP contribution in [0.5, 0.6) is 0 Å². The van der Waals surface area contributed by atoms with Crippen LogP contribution in [-0.2, 0) is 27.9 Å². The van der Waals surface area contributed by atoms with E-state index in [0.29, 0.717) is 24.1 Å². The number of quaternary nitrogens is 1. The van der Waals surface area contributed by atoms with Gasteiger partial charge in [0.15, 0.2) is 0 Å². The number of hydrogen-bond acceptors (Lipinski definition) is 6. The second-order valence-electron chi connectivity index (χ2n) is 15.0. The third kappa shape index (κ3) is 38.2. The molecule has 0 aliphatic carbocycles. The fourth-order valence-electron chi connectivity index (χ4n) is 5.53. The Balaban J connectivity index is 4.27. The zero-order chi connectivity index (χ0) is 37.0. The highest BCUT2D eigenvalue weighted by Crippen LogP contribution is 2.43. The molecule has 0 spiro atoms. The van der Waals surface area contributed by atoms with Crippen molar-refractivity contribution in [3.8, 4) is 0 Å². The van der Waals surface area contributed by atoms with Gasteiger partial charge in [0.2, 0.25) is 0 Å². The quantitative estimate of drug-likeness (QED) is 0.0222. The molecule has 0 fully saturated rings. The van der Waals surface area contributed by atoms with E-state index in [0.717, 1.165) is 44.9 Å². The van der Waals surface area contributed by atoms with Crippen LogP contribution in [0.4, 0.5) is 0 Å². The van der Waals surface area contributed by atoms with Crippen LogP contribution in [0.2, 0.25) is 0 Å². The molecule has 0 heterocycles. The number of rotatable bonds is 38. The Morgan fingerprint density at radius 2 is 1.14 bits per heavy atom. The minimum Gasteiger partial charge on any atom is -0.457 e. The molecule has 1 N–H and O–H groups in total. The number of phosphoric acid groups is 1. The molecule has 8 nitrogen and oxygen atoms in total. The number of carbonyl (C=O) groups is 1. The van der Waals surface area contributed by atoms with Crippen LogP contribution in [0, 0.1) is 0 Å². The lowest BCUT2D eigenvalue weighted by molar-refractivity contribution is -0.870. The number of hydrogen-bond donors (Lipinski definition) is 1. The Bertz CT molecular complexity index is 858. The molecule has 0 saturated heterocycles. The maximum absolute atomic E-state index is 12.6. The molecule has 0 aliphatic heterocycles. The molecular weight excluding hydrogens is 649 g/mol. The number of unbranched alkanes of at least 4 members (excludes halogenated alkanes) is 20. The summed E-state index contributed by atoms with van der Waals surface area (Å²) in [4.78, 5) is 22.8. The number of nitrogens with zero attached hydrogens (tertiary/aromatic N) is 1. The molecule has 0 radical (unpaired) electrons. The van der Waals surface area contributed by atoms with Gasteiger partial charge in [-0.2, -0.15) is 0 Å². The van der Waals surface area contributed by atoms with E-state index in [1.807, 2.05) is 21.1 Å². The Hall–Kier alpha value is -1.02. The fourth-order valence-corrected chi connectivity index (χ4v) is 6.27. The summed E-state index contributed by atoms with van der Waals surface area (Å²) in [5, 5.41) is 0. The van der Waals surface area contributed by atoms with Crippen molar-refractivity contribution in [2.24, 2.45) is 0 Å². The zero-order valence-corrected chi connectivity index (χ0v) is 34.3. The van der Waals surface area contributed by atoms with Gasteiger partial charge in [-0.25, -0.2) is 4.57 Å². The molecule has 2 atom stereocenters. The summed E-state index contributed by atoms with van der Waals surface area (Å²) in [6.07, 6.45) is 37.7. The molecule has 0 aliphatic rings. The Morgan fingerprint density at radius 3 is 1.70 bits per heavy atom. The first-order valence-electron chi connectivity index (χ1n) is 20.6. The third-order valence-corrected chi connectivity index (χ3v) is 9.73. The Kier molecular flexibility index (Phi) is 34.3. The average Bonchev–Trinajstić information content (AvgIpc) is 3.06. The van der Waals surface area contributed by atoms with Crippen molar-refractivity contribution in [1.29, 1.82) is 0 Å². The molecule has 0 aromatic rings. The second kappa shape index (κ2) is 35.0. The number of phosphoric ester groups is 1. The molecule has 0 aromatic carbocycles. The standard InChI is InChI=1S/C41H80NO7P/c1-6-8-10-12-14-16-18-20-22-24-26-28-30-32-34-41(43)49-40(39-48-50(44,45)47-37-35-42(3,4)5)38-46-36-33-31-29-27-25-23-21-19-17-15-13-11-9-7-2/h11,13,17,19,40H,6-10,12,14-16,18,20-39H2,1-5H3/p+1/b13-11-,19-17-. The van der Waals surface area contributed by atoms with Crippen molar-refractivity contribution in [2.75, 3.05) is 54.1 Å². The predicted molar refractivity (Wildman–Crippen MR) is 210 cm³/mol. The van der Waals surface area contributed by atoms with Gasteiger partial charge in [-0.15, -0.1) is 0 Å². The van der Waals surface area contributed by atoms with E-state index in [4.69, 9.17) is 18.5 Å². The molecule has 9 heteroatoms. The lowest BCUT2D eigenvalue weighted by Gasteiger charge is -2.24. The van der Waals surface area contributed by atoms with E-state index < -0.39 is 13.9 Å². The number of ether oxygens (including phenoxy) is 2. The van der Waals surface area contributed by atoms with Gasteiger partial charge in [0.05, 0.1) is 34.4 Å². The van der Waals surface area contributed by atoms with Crippen molar-refractivity contribution < 1.29 is 37.3 Å². The van der Waals surface area contributed by atoms with Crippen molar-refractivity contribution in [2.45, 2.75) is 180 Å². The lowest BCUT2D eigenvalue weighted by atomic mass is 10.0. The van der Waals surface area contributed by atoms with Crippen LogP contribution in [0.3, 0.4) is 0 Å². The van der Waals surface area contributed by atoms with E-state index in [-0.39, 0.29) is 25.8 Å². The van der Waals surface area contributed by atoms with E-state index in [1.165, 1.54) is 109 Å². The number of likely N-dealkylation sites (N-methyl/N-ethyl adjacent to an activating group) is 1. The SMILES string of the molecule is CCC/C=C\C/C=C\CCCCCCCCOCC(COP(=O)(O)OCC[N+](C)(C)C)OC(=O)CCCCCCCCCCCCCCCC. The average molecular weight is 731 g/mol. The lowest BCUT2D eigenvalue weighted by Crippen LogP contribution is -2.37. The molecule has 50 heavy (non-hydrogen) atoms. The van der Waals surface area contributed by atoms with Crippen LogP contribution in [0.15, 0.2) is 24.3 Å². The Labute approximate surface area is 309 Å². The van der Waals surface area contributed by atoms with Crippen molar-refractivity contribution in [3.63, 3.8) is 0 Å². The zero-order valence-electron chi connectivity index (χ0n) is 33.4. The van der Waals surface area contributed by atoms with Gasteiger partial charge in [-0.1, -0.05) is 154 Å². The van der Waals surface area contributed by atoms with Gasteiger partial charge in [-0.05, 0) is 38.5 Å². The molecule has 0 bridgehead atoms. The molecule has 0 saturated carbocycles. The van der Waals surface area contributed by atoms with Crippen LogP contribution in [0.1, 0.15) is 174 Å². The maximum Gasteiger partial charge on any atom is 0.472 e. The van der Waals surface area contributed by atoms with E-state index in [9.17, 15) is 14.3 Å². The monoisotopic (exact) mass is 731 g/mol. The van der Waals surface area contributed by atoms with Crippen LogP contribution in [0.25, 0.3) is 0 Å². The van der Waals surface area contributed by atoms with E-state index in [2.05, 4.69) is 38.2 Å². The highest BCUT2D eigenvalue weighted by molar-refractivity contribution is 7.47. The van der Waals surface area contributed by atoms with Crippen LogP contribution >= 0.6 is 7.82 Å². The Morgan fingerprint density at radius 1 is 0.620 bits per heavy atom. The van der Waals surface area contributed by atoms with E-state index >= 15 is 0 Å². The minimum atomic E-state index is -4.27. The first-order valence-corrected chi connectivity index (χ1v) is 22.1. The summed E-state index contributed by atoms with van der Waals surface area (Å²) in [5.74, 6) is -0.317. The summed E-state index contributed by atoms with van der Waals surface area (Å²) in [6, 6.07) is 0. The molecule has 2 unspecified atom stereocenters. The second-order valence-corrected chi connectivity index (χ2v) is 16.5. The van der Waals surface area contributed by atoms with Gasteiger partial charge in [-0.3, -0.25) is 13.8 Å². The summed E-state index contributed by atoms with van der Waals surface area (Å²) in [7, 11) is 1.66. The smallest absolute Gasteiger partial charge is 0.457 e. The maximum atomic E-state index is 12.6. The highest BCUT2D eigenvalue weighted by Gasteiger charge is 2.26. The fraction of sp³-hybridized carbons (Fsp3) is 0.878. The topological polar surface area (TPSA) is 91.3 Å². The minimum absolute atomic E-state index is 0.0881. The van der Waals surface area contributed by atoms with Gasteiger partial charge in [0.1, 0.15) is 19.3 Å². The summed E-state index contributed by atoms with van der Waals surface area (Å²) in [6.45, 7) is 5.55. The number of allylic oxidation sites excluding steroid dienone is 4. The molecule has 0 aromatic heterocycles. The van der Waals surface area contributed by atoms with Crippen molar-refractivity contribution in [1.82, 2.24) is 0 Å². The summed E-state index contributed by atoms with van der Waals surface area (Å²) in [5.41, 5.74) is 0. The largest absolute Gasteiger partial charge is 0.472 e. The highest BCUT2D eigenvalue weighted by atomic mass is 31.2.